The van der Waals surface area contributed by atoms with Gasteiger partial charge in [0.25, 0.3) is 0 Å². The summed E-state index contributed by atoms with van der Waals surface area (Å²) in [5, 5.41) is 11.6. The van der Waals surface area contributed by atoms with Gasteiger partial charge in [0.2, 0.25) is 0 Å². The molecule has 1 amide bonds. The Morgan fingerprint density at radius 3 is 2.64 bits per heavy atom. The van der Waals surface area contributed by atoms with Crippen LogP contribution in [-0.2, 0) is 13.6 Å². The van der Waals surface area contributed by atoms with Crippen LogP contribution < -0.4 is 4.80 Å². The fourth-order valence-electron chi connectivity index (χ4n) is 2.93. The number of carbonyl (C=O) groups is 1. The molecule has 0 bridgehead atoms. The Balaban J connectivity index is 2.14. The lowest BCUT2D eigenvalue weighted by Gasteiger charge is -2.46. The Hall–Kier alpha value is -1.34. The van der Waals surface area contributed by atoms with E-state index in [1.807, 2.05) is 7.05 Å². The van der Waals surface area contributed by atoms with E-state index in [0.29, 0.717) is 6.54 Å². The van der Waals surface area contributed by atoms with Gasteiger partial charge in [-0.05, 0) is 5.41 Å². The molecule has 0 spiro atoms. The third-order valence-corrected chi connectivity index (χ3v) is 5.36. The quantitative estimate of drug-likeness (QED) is 0.902. The van der Waals surface area contributed by atoms with Gasteiger partial charge < -0.3 is 14.6 Å². The highest BCUT2D eigenvalue weighted by Gasteiger charge is 2.37. The maximum Gasteiger partial charge on any atom is 0.407 e. The maximum atomic E-state index is 11.5. The number of piperazine rings is 1. The molecule has 0 radical (unpaired) electrons. The summed E-state index contributed by atoms with van der Waals surface area (Å²) in [5.41, 5.74) is 1.15. The Labute approximate surface area is 135 Å². The van der Waals surface area contributed by atoms with E-state index in [2.05, 4.69) is 40.6 Å². The van der Waals surface area contributed by atoms with Gasteiger partial charge in [-0.2, -0.15) is 0 Å². The first-order valence-corrected chi connectivity index (χ1v) is 8.40. The number of amides is 1. The average Bonchev–Trinajstić information content (AvgIpc) is 2.78. The lowest BCUT2D eigenvalue weighted by molar-refractivity contribution is 0.0183. The van der Waals surface area contributed by atoms with Crippen molar-refractivity contribution in [3.8, 4) is 0 Å². The zero-order valence-electron chi connectivity index (χ0n) is 14.0. The van der Waals surface area contributed by atoms with E-state index in [-0.39, 0.29) is 11.5 Å². The predicted octanol–water partition coefficient (Wildman–Crippen LogP) is 1.83. The van der Waals surface area contributed by atoms with Gasteiger partial charge in [-0.15, -0.1) is 11.3 Å². The van der Waals surface area contributed by atoms with Crippen LogP contribution in [0.3, 0.4) is 0 Å². The van der Waals surface area contributed by atoms with Gasteiger partial charge in [0.1, 0.15) is 0 Å². The lowest BCUT2D eigenvalue weighted by Crippen LogP contribution is -2.59. The molecule has 1 aliphatic heterocycles. The lowest BCUT2D eigenvalue weighted by atomic mass is 9.84. The Morgan fingerprint density at radius 1 is 1.45 bits per heavy atom. The summed E-state index contributed by atoms with van der Waals surface area (Å²) >= 11 is 1.64. The molecule has 1 aromatic heterocycles. The molecule has 2 heterocycles. The fourth-order valence-corrected chi connectivity index (χ4v) is 3.79. The highest BCUT2D eigenvalue weighted by molar-refractivity contribution is 7.07. The van der Waals surface area contributed by atoms with Crippen LogP contribution in [0, 0.1) is 5.41 Å². The van der Waals surface area contributed by atoms with Gasteiger partial charge in [-0.25, -0.2) is 4.79 Å². The first-order valence-electron chi connectivity index (χ1n) is 7.52. The zero-order chi connectivity index (χ0) is 16.5. The van der Waals surface area contributed by atoms with Gasteiger partial charge in [-0.3, -0.25) is 9.89 Å². The van der Waals surface area contributed by atoms with Gasteiger partial charge >= 0.3 is 6.09 Å². The van der Waals surface area contributed by atoms with E-state index in [0.717, 1.165) is 24.4 Å². The molecule has 1 aliphatic rings. The molecule has 1 aromatic rings. The minimum Gasteiger partial charge on any atom is -0.465 e. The summed E-state index contributed by atoms with van der Waals surface area (Å²) in [6.07, 6.45) is -0.812. The number of hydrogen-bond donors (Lipinski definition) is 1. The fraction of sp³-hybridized carbons (Fsp3) is 0.733. The number of rotatable bonds is 2. The van der Waals surface area contributed by atoms with Crippen molar-refractivity contribution in [3.63, 3.8) is 0 Å². The Morgan fingerprint density at radius 2 is 2.14 bits per heavy atom. The Bertz CT molecular complexity index is 599. The smallest absolute Gasteiger partial charge is 0.407 e. The standard InChI is InChI=1S/C15H26N4O2S/c1-15(2,3)12-9-18(6-7-19(12)14(20)21)8-11-10-22-13(16-4)17(11)5/h10,12H,6-9H2,1-5H3,(H,20,21). The molecule has 0 aromatic carbocycles. The van der Waals surface area contributed by atoms with Crippen LogP contribution in [0.4, 0.5) is 4.79 Å². The second kappa shape index (κ2) is 6.42. The average molecular weight is 326 g/mol. The van der Waals surface area contributed by atoms with Gasteiger partial charge in [0.05, 0.1) is 6.04 Å². The molecule has 0 saturated carbocycles. The first kappa shape index (κ1) is 17.0. The van der Waals surface area contributed by atoms with Crippen molar-refractivity contribution in [1.82, 2.24) is 14.4 Å². The monoisotopic (exact) mass is 326 g/mol. The van der Waals surface area contributed by atoms with Gasteiger partial charge in [0.15, 0.2) is 4.80 Å². The van der Waals surface area contributed by atoms with Gasteiger partial charge in [-0.1, -0.05) is 20.8 Å². The normalized spacial score (nSPS) is 21.4. The predicted molar refractivity (Wildman–Crippen MR) is 88.0 cm³/mol. The molecule has 1 atom stereocenters. The first-order chi connectivity index (χ1) is 10.2. The van der Waals surface area contributed by atoms with Crippen LogP contribution >= 0.6 is 11.3 Å². The van der Waals surface area contributed by atoms with Crippen LogP contribution in [0.2, 0.25) is 0 Å². The van der Waals surface area contributed by atoms with Crippen LogP contribution in [0.1, 0.15) is 26.5 Å². The van der Waals surface area contributed by atoms with Crippen molar-refractivity contribution in [2.75, 3.05) is 26.7 Å². The van der Waals surface area contributed by atoms with Crippen LogP contribution in [0.25, 0.3) is 0 Å². The molecule has 124 valence electrons. The van der Waals surface area contributed by atoms with E-state index in [1.54, 1.807) is 23.3 Å². The minimum atomic E-state index is -0.812. The van der Waals surface area contributed by atoms with Crippen molar-refractivity contribution in [2.45, 2.75) is 33.4 Å². The third kappa shape index (κ3) is 3.52. The van der Waals surface area contributed by atoms with E-state index in [9.17, 15) is 9.90 Å². The van der Waals surface area contributed by atoms with E-state index >= 15 is 0 Å². The summed E-state index contributed by atoms with van der Waals surface area (Å²) in [6.45, 7) is 9.26. The molecular weight excluding hydrogens is 300 g/mol. The van der Waals surface area contributed by atoms with Crippen molar-refractivity contribution in [3.05, 3.63) is 15.9 Å². The molecule has 1 fully saturated rings. The minimum absolute atomic E-state index is 0.0121. The van der Waals surface area contributed by atoms with Crippen LogP contribution in [0.5, 0.6) is 0 Å². The highest BCUT2D eigenvalue weighted by atomic mass is 32.1. The van der Waals surface area contributed by atoms with Crippen molar-refractivity contribution >= 4 is 17.4 Å². The molecule has 1 N–H and O–H groups in total. The van der Waals surface area contributed by atoms with Gasteiger partial charge in [0, 0.05) is 51.3 Å². The summed E-state index contributed by atoms with van der Waals surface area (Å²) < 4.78 is 2.11. The van der Waals surface area contributed by atoms with Crippen molar-refractivity contribution in [2.24, 2.45) is 17.5 Å². The summed E-state index contributed by atoms with van der Waals surface area (Å²) in [4.78, 5) is 20.7. The largest absolute Gasteiger partial charge is 0.465 e. The second-order valence-electron chi connectivity index (χ2n) is 6.89. The molecule has 7 heteroatoms. The number of aromatic nitrogens is 1. The Kier molecular flexibility index (Phi) is 4.97. The van der Waals surface area contributed by atoms with Crippen LogP contribution in [-0.4, -0.2) is 58.3 Å². The van der Waals surface area contributed by atoms with E-state index in [1.165, 1.54) is 5.69 Å². The zero-order valence-corrected chi connectivity index (χ0v) is 14.9. The number of nitrogens with zero attached hydrogens (tertiary/aromatic N) is 4. The highest BCUT2D eigenvalue weighted by Crippen LogP contribution is 2.28. The number of thiazole rings is 1. The molecular formula is C15H26N4O2S. The number of hydrogen-bond acceptors (Lipinski definition) is 4. The molecule has 1 saturated heterocycles. The summed E-state index contributed by atoms with van der Waals surface area (Å²) in [5.74, 6) is 0. The number of carboxylic acid groups (broad SMARTS) is 1. The van der Waals surface area contributed by atoms with Crippen LogP contribution in [0.15, 0.2) is 10.4 Å². The van der Waals surface area contributed by atoms with E-state index in [4.69, 9.17) is 0 Å². The molecule has 0 aliphatic carbocycles. The van der Waals surface area contributed by atoms with Crippen molar-refractivity contribution < 1.29 is 9.90 Å². The third-order valence-electron chi connectivity index (χ3n) is 4.30. The summed E-state index contributed by atoms with van der Waals surface area (Å²) in [7, 11) is 3.83. The van der Waals surface area contributed by atoms with E-state index < -0.39 is 6.09 Å². The summed E-state index contributed by atoms with van der Waals surface area (Å²) in [6, 6.07) is 0.0121. The molecule has 22 heavy (non-hydrogen) atoms. The maximum absolute atomic E-state index is 11.5. The van der Waals surface area contributed by atoms with Crippen molar-refractivity contribution in [1.29, 1.82) is 0 Å². The molecule has 1 unspecified atom stereocenters. The molecule has 2 rings (SSSR count). The SMILES string of the molecule is CN=c1scc(CN2CCN(C(=O)O)C(C(C)(C)C)C2)n1C. The second-order valence-corrected chi connectivity index (χ2v) is 7.72. The topological polar surface area (TPSA) is 61.1 Å². The molecule has 6 nitrogen and oxygen atoms in total.